The first-order valence-electron chi connectivity index (χ1n) is 11.7. The number of hydrogen-bond donors (Lipinski definition) is 6. The van der Waals surface area contributed by atoms with Gasteiger partial charge in [0.15, 0.2) is 23.0 Å². The average molecular weight is 521 g/mol. The van der Waals surface area contributed by atoms with E-state index in [0.717, 1.165) is 11.6 Å². The molecule has 11 nitrogen and oxygen atoms in total. The third-order valence-electron chi connectivity index (χ3n) is 5.85. The van der Waals surface area contributed by atoms with Crippen molar-refractivity contribution in [2.45, 2.75) is 50.5 Å². The van der Waals surface area contributed by atoms with E-state index < -0.39 is 43.3 Å². The van der Waals surface area contributed by atoms with Crippen LogP contribution in [0.15, 0.2) is 36.4 Å². The number of aliphatic hydroxyl groups excluding tert-OH is 4. The van der Waals surface area contributed by atoms with Crippen LogP contribution in [0, 0.1) is 6.92 Å². The third-order valence-corrected chi connectivity index (χ3v) is 5.85. The molecule has 11 heteroatoms. The monoisotopic (exact) mass is 520 g/mol. The molecule has 1 heterocycles. The molecule has 0 saturated carbocycles. The molecule has 2 aromatic carbocycles. The molecule has 0 radical (unpaired) electrons. The SMILES string of the molecule is COc1cc(CCCO)cc(C)c1O[C@@H]1OC(COC(=O)/C=C/c2ccc(O)c(O)c2)[C@@H](O)[C@H](O)C1O. The molecule has 5 atom stereocenters. The van der Waals surface area contributed by atoms with Gasteiger partial charge in [-0.15, -0.1) is 0 Å². The van der Waals surface area contributed by atoms with Crippen molar-refractivity contribution in [1.29, 1.82) is 0 Å². The van der Waals surface area contributed by atoms with Crippen molar-refractivity contribution in [2.24, 2.45) is 0 Å². The zero-order valence-corrected chi connectivity index (χ0v) is 20.5. The van der Waals surface area contributed by atoms with Gasteiger partial charge in [0.1, 0.15) is 31.0 Å². The van der Waals surface area contributed by atoms with Crippen LogP contribution >= 0.6 is 0 Å². The largest absolute Gasteiger partial charge is 0.504 e. The molecule has 1 aliphatic rings. The molecule has 202 valence electrons. The van der Waals surface area contributed by atoms with Crippen LogP contribution in [-0.2, 0) is 20.7 Å². The summed E-state index contributed by atoms with van der Waals surface area (Å²) in [6, 6.07) is 7.56. The van der Waals surface area contributed by atoms with Crippen LogP contribution in [0.5, 0.6) is 23.0 Å². The van der Waals surface area contributed by atoms with E-state index in [2.05, 4.69) is 0 Å². The van der Waals surface area contributed by atoms with Gasteiger partial charge in [0.25, 0.3) is 0 Å². The van der Waals surface area contributed by atoms with Crippen molar-refractivity contribution in [2.75, 3.05) is 20.3 Å². The van der Waals surface area contributed by atoms with Crippen LogP contribution < -0.4 is 9.47 Å². The fourth-order valence-electron chi connectivity index (χ4n) is 3.83. The Morgan fingerprint density at radius 3 is 2.49 bits per heavy atom. The first kappa shape index (κ1) is 28.2. The first-order valence-corrected chi connectivity index (χ1v) is 11.7. The standard InChI is InChI=1S/C26H32O11/c1-14-10-16(4-3-9-27)12-19(34-2)25(14)37-26-24(33)23(32)22(31)20(36-26)13-35-21(30)8-6-15-5-7-17(28)18(29)11-15/h5-8,10-12,20,22-24,26-29,31-33H,3-4,9,13H2,1-2H3/b8-6+/t20?,22-,23+,24?,26+/m1/s1. The van der Waals surface area contributed by atoms with Crippen molar-refractivity contribution >= 4 is 12.0 Å². The Labute approximate surface area is 213 Å². The number of rotatable bonds is 10. The summed E-state index contributed by atoms with van der Waals surface area (Å²) in [5.41, 5.74) is 2.01. The van der Waals surface area contributed by atoms with Crippen molar-refractivity contribution < 1.29 is 54.4 Å². The van der Waals surface area contributed by atoms with Crippen molar-refractivity contribution in [3.63, 3.8) is 0 Å². The van der Waals surface area contributed by atoms with Gasteiger partial charge in [-0.1, -0.05) is 12.1 Å². The number of esters is 1. The van der Waals surface area contributed by atoms with E-state index in [0.29, 0.717) is 29.7 Å². The number of carbonyl (C=O) groups is 1. The average Bonchev–Trinajstić information content (AvgIpc) is 2.88. The predicted molar refractivity (Wildman–Crippen MR) is 130 cm³/mol. The molecule has 0 amide bonds. The van der Waals surface area contributed by atoms with Gasteiger partial charge in [-0.2, -0.15) is 0 Å². The number of ether oxygens (including phenoxy) is 4. The molecule has 6 N–H and O–H groups in total. The topological polar surface area (TPSA) is 175 Å². The molecule has 1 aliphatic heterocycles. The van der Waals surface area contributed by atoms with E-state index in [1.54, 1.807) is 13.0 Å². The van der Waals surface area contributed by atoms with E-state index in [4.69, 9.17) is 24.1 Å². The summed E-state index contributed by atoms with van der Waals surface area (Å²) in [7, 11) is 1.45. The van der Waals surface area contributed by atoms with Crippen molar-refractivity contribution in [3.05, 3.63) is 53.1 Å². The molecule has 1 fully saturated rings. The number of aromatic hydroxyl groups is 2. The van der Waals surface area contributed by atoms with Crippen molar-refractivity contribution in [1.82, 2.24) is 0 Å². The van der Waals surface area contributed by atoms with Crippen molar-refractivity contribution in [3.8, 4) is 23.0 Å². The molecule has 0 spiro atoms. The molecular formula is C26H32O11. The summed E-state index contributed by atoms with van der Waals surface area (Å²) in [4.78, 5) is 12.1. The maximum absolute atomic E-state index is 12.1. The maximum Gasteiger partial charge on any atom is 0.330 e. The first-order chi connectivity index (χ1) is 17.6. The molecule has 0 aliphatic carbocycles. The van der Waals surface area contributed by atoms with Crippen LogP contribution in [0.25, 0.3) is 6.08 Å². The molecule has 2 aromatic rings. The fraction of sp³-hybridized carbons (Fsp3) is 0.423. The number of aliphatic hydroxyl groups is 4. The smallest absolute Gasteiger partial charge is 0.330 e. The Hall–Kier alpha value is -3.35. The lowest BCUT2D eigenvalue weighted by molar-refractivity contribution is -0.278. The fourth-order valence-corrected chi connectivity index (χ4v) is 3.83. The second-order valence-corrected chi connectivity index (χ2v) is 8.62. The zero-order valence-electron chi connectivity index (χ0n) is 20.5. The highest BCUT2D eigenvalue weighted by atomic mass is 16.7. The number of carbonyl (C=O) groups excluding carboxylic acids is 1. The second-order valence-electron chi connectivity index (χ2n) is 8.62. The van der Waals surface area contributed by atoms with Gasteiger partial charge in [0.05, 0.1) is 7.11 Å². The van der Waals surface area contributed by atoms with Gasteiger partial charge in [0.2, 0.25) is 6.29 Å². The summed E-state index contributed by atoms with van der Waals surface area (Å²) in [5.74, 6) is -0.820. The highest BCUT2D eigenvalue weighted by Gasteiger charge is 2.45. The van der Waals surface area contributed by atoms with Gasteiger partial charge in [-0.3, -0.25) is 0 Å². The summed E-state index contributed by atoms with van der Waals surface area (Å²) < 4.78 is 22.0. The summed E-state index contributed by atoms with van der Waals surface area (Å²) in [5, 5.41) is 59.1. The minimum Gasteiger partial charge on any atom is -0.504 e. The Morgan fingerprint density at radius 1 is 1.05 bits per heavy atom. The quantitative estimate of drug-likeness (QED) is 0.148. The van der Waals surface area contributed by atoms with E-state index in [1.807, 2.05) is 6.07 Å². The predicted octanol–water partition coefficient (Wildman–Crippen LogP) is 0.783. The van der Waals surface area contributed by atoms with Crippen LogP contribution in [0.3, 0.4) is 0 Å². The molecular weight excluding hydrogens is 488 g/mol. The summed E-state index contributed by atoms with van der Waals surface area (Å²) in [6.45, 7) is 1.36. The third kappa shape index (κ3) is 7.12. The van der Waals surface area contributed by atoms with Gasteiger partial charge in [-0.05, 0) is 60.7 Å². The number of hydrogen-bond acceptors (Lipinski definition) is 11. The molecule has 3 rings (SSSR count). The summed E-state index contributed by atoms with van der Waals surface area (Å²) in [6.07, 6.45) is -3.82. The minimum atomic E-state index is -1.65. The number of aryl methyl sites for hydroxylation is 2. The lowest BCUT2D eigenvalue weighted by atomic mass is 9.99. The van der Waals surface area contributed by atoms with E-state index in [-0.39, 0.29) is 23.9 Å². The Morgan fingerprint density at radius 2 is 1.81 bits per heavy atom. The lowest BCUT2D eigenvalue weighted by Gasteiger charge is -2.40. The summed E-state index contributed by atoms with van der Waals surface area (Å²) >= 11 is 0. The Balaban J connectivity index is 1.67. The highest BCUT2D eigenvalue weighted by Crippen LogP contribution is 2.35. The number of benzene rings is 2. The Kier molecular flexibility index (Phi) is 9.73. The number of phenols is 2. The second kappa shape index (κ2) is 12.7. The van der Waals surface area contributed by atoms with Crippen LogP contribution in [0.2, 0.25) is 0 Å². The van der Waals surface area contributed by atoms with E-state index in [9.17, 15) is 30.3 Å². The van der Waals surface area contributed by atoms with Gasteiger partial charge >= 0.3 is 5.97 Å². The maximum atomic E-state index is 12.1. The molecule has 1 saturated heterocycles. The zero-order chi connectivity index (χ0) is 27.1. The highest BCUT2D eigenvalue weighted by molar-refractivity contribution is 5.87. The van der Waals surface area contributed by atoms with E-state index in [1.165, 1.54) is 31.4 Å². The number of methoxy groups -OCH3 is 1. The molecule has 37 heavy (non-hydrogen) atoms. The molecule has 2 unspecified atom stereocenters. The van der Waals surface area contributed by atoms with Crippen LogP contribution in [0.4, 0.5) is 0 Å². The molecule has 0 aromatic heterocycles. The van der Waals surface area contributed by atoms with Gasteiger partial charge in [-0.25, -0.2) is 4.79 Å². The lowest BCUT2D eigenvalue weighted by Crippen LogP contribution is -2.60. The van der Waals surface area contributed by atoms with Crippen LogP contribution in [0.1, 0.15) is 23.1 Å². The van der Waals surface area contributed by atoms with Crippen LogP contribution in [-0.4, -0.2) is 87.6 Å². The normalized spacial score (nSPS) is 23.7. The minimum absolute atomic E-state index is 0.0457. The molecule has 0 bridgehead atoms. The Bertz CT molecular complexity index is 1100. The van der Waals surface area contributed by atoms with Gasteiger partial charge in [0, 0.05) is 12.7 Å². The van der Waals surface area contributed by atoms with Gasteiger partial charge < -0.3 is 49.6 Å². The number of phenolic OH excluding ortho intramolecular Hbond substituents is 2. The van der Waals surface area contributed by atoms with E-state index >= 15 is 0 Å².